The van der Waals surface area contributed by atoms with Crippen LogP contribution in [0.2, 0.25) is 0 Å². The van der Waals surface area contributed by atoms with Crippen LogP contribution >= 0.6 is 0 Å². The Morgan fingerprint density at radius 1 is 1.04 bits per heavy atom. The van der Waals surface area contributed by atoms with E-state index in [0.717, 1.165) is 56.4 Å². The fraction of sp³-hybridized carbons (Fsp3) is 0.556. The van der Waals surface area contributed by atoms with Crippen LogP contribution in [-0.2, 0) is 4.79 Å². The highest BCUT2D eigenvalue weighted by atomic mass is 16.2. The van der Waals surface area contributed by atoms with E-state index in [2.05, 4.69) is 4.90 Å². The molecule has 1 aromatic rings. The van der Waals surface area contributed by atoms with Gasteiger partial charge in [0.2, 0.25) is 5.91 Å². The normalized spacial score (nSPS) is 23.2. The van der Waals surface area contributed by atoms with Gasteiger partial charge in [-0.2, -0.15) is 0 Å². The van der Waals surface area contributed by atoms with Crippen molar-refractivity contribution in [3.8, 4) is 0 Å². The third-order valence-corrected chi connectivity index (χ3v) is 5.14. The van der Waals surface area contributed by atoms with Gasteiger partial charge >= 0.3 is 0 Å². The number of carbonyl (C=O) groups excluding carboxylic acids is 2. The molecular weight excluding hydrogens is 290 g/mol. The second-order valence-corrected chi connectivity index (χ2v) is 6.69. The SMILES string of the molecule is Cc1ccc(C(=O)N2CCC(N3CCCC3C(N)=O)CC2)cc1. The third-order valence-electron chi connectivity index (χ3n) is 5.14. The Bertz CT molecular complexity index is 576. The van der Waals surface area contributed by atoms with Crippen LogP contribution in [0, 0.1) is 6.92 Å². The van der Waals surface area contributed by atoms with E-state index in [0.29, 0.717) is 6.04 Å². The molecule has 1 atom stereocenters. The zero-order valence-corrected chi connectivity index (χ0v) is 13.7. The number of amides is 2. The molecule has 0 aliphatic carbocycles. The Morgan fingerprint density at radius 3 is 2.30 bits per heavy atom. The maximum atomic E-state index is 12.5. The van der Waals surface area contributed by atoms with Gasteiger partial charge in [-0.3, -0.25) is 14.5 Å². The number of hydrogen-bond donors (Lipinski definition) is 1. The van der Waals surface area contributed by atoms with Gasteiger partial charge in [0.05, 0.1) is 6.04 Å². The van der Waals surface area contributed by atoms with Crippen LogP contribution in [0.1, 0.15) is 41.6 Å². The molecule has 0 saturated carbocycles. The monoisotopic (exact) mass is 315 g/mol. The molecule has 2 amide bonds. The van der Waals surface area contributed by atoms with E-state index in [1.54, 1.807) is 0 Å². The van der Waals surface area contributed by atoms with Crippen molar-refractivity contribution >= 4 is 11.8 Å². The molecule has 5 heteroatoms. The highest BCUT2D eigenvalue weighted by Gasteiger charge is 2.36. The fourth-order valence-electron chi connectivity index (χ4n) is 3.81. The van der Waals surface area contributed by atoms with Crippen molar-refractivity contribution in [2.45, 2.75) is 44.7 Å². The van der Waals surface area contributed by atoms with Crippen molar-refractivity contribution in [1.82, 2.24) is 9.80 Å². The summed E-state index contributed by atoms with van der Waals surface area (Å²) < 4.78 is 0. The first kappa shape index (κ1) is 16.0. The standard InChI is InChI=1S/C18H25N3O2/c1-13-4-6-14(7-5-13)18(23)20-11-8-15(9-12-20)21-10-2-3-16(21)17(19)22/h4-7,15-16H,2-3,8-12H2,1H3,(H2,19,22). The number of nitrogens with zero attached hydrogens (tertiary/aromatic N) is 2. The molecule has 23 heavy (non-hydrogen) atoms. The number of likely N-dealkylation sites (tertiary alicyclic amines) is 2. The van der Waals surface area contributed by atoms with Crippen LogP contribution in [0.25, 0.3) is 0 Å². The lowest BCUT2D eigenvalue weighted by atomic mass is 10.0. The molecule has 0 spiro atoms. The molecule has 1 unspecified atom stereocenters. The Balaban J connectivity index is 1.59. The second-order valence-electron chi connectivity index (χ2n) is 6.69. The number of primary amides is 1. The van der Waals surface area contributed by atoms with Gasteiger partial charge < -0.3 is 10.6 Å². The first-order valence-electron chi connectivity index (χ1n) is 8.47. The summed E-state index contributed by atoms with van der Waals surface area (Å²) >= 11 is 0. The summed E-state index contributed by atoms with van der Waals surface area (Å²) in [5.74, 6) is -0.100. The molecule has 5 nitrogen and oxygen atoms in total. The zero-order chi connectivity index (χ0) is 16.4. The topological polar surface area (TPSA) is 66.6 Å². The minimum atomic E-state index is -0.208. The van der Waals surface area contributed by atoms with Gasteiger partial charge in [-0.15, -0.1) is 0 Å². The van der Waals surface area contributed by atoms with Crippen LogP contribution in [0.15, 0.2) is 24.3 Å². The number of benzene rings is 1. The lowest BCUT2D eigenvalue weighted by molar-refractivity contribution is -0.123. The molecule has 0 aromatic heterocycles. The van der Waals surface area contributed by atoms with Gasteiger partial charge in [0.25, 0.3) is 5.91 Å². The summed E-state index contributed by atoms with van der Waals surface area (Å²) in [5, 5.41) is 0. The summed E-state index contributed by atoms with van der Waals surface area (Å²) in [4.78, 5) is 28.3. The summed E-state index contributed by atoms with van der Waals surface area (Å²) in [6, 6.07) is 8.00. The molecule has 2 fully saturated rings. The van der Waals surface area contributed by atoms with Gasteiger partial charge in [-0.1, -0.05) is 17.7 Å². The first-order valence-corrected chi connectivity index (χ1v) is 8.47. The van der Waals surface area contributed by atoms with Crippen LogP contribution in [-0.4, -0.2) is 53.3 Å². The van der Waals surface area contributed by atoms with E-state index in [-0.39, 0.29) is 17.9 Å². The number of carbonyl (C=O) groups is 2. The summed E-state index contributed by atoms with van der Waals surface area (Å²) in [6.45, 7) is 4.47. The van der Waals surface area contributed by atoms with E-state index in [4.69, 9.17) is 5.73 Å². The van der Waals surface area contributed by atoms with E-state index in [9.17, 15) is 9.59 Å². The summed E-state index contributed by atoms with van der Waals surface area (Å²) in [6.07, 6.45) is 3.75. The van der Waals surface area contributed by atoms with Crippen molar-refractivity contribution in [3.05, 3.63) is 35.4 Å². The Kier molecular flexibility index (Phi) is 4.66. The van der Waals surface area contributed by atoms with E-state index in [1.807, 2.05) is 36.1 Å². The lowest BCUT2D eigenvalue weighted by Crippen LogP contribution is -2.51. The maximum absolute atomic E-state index is 12.5. The Hall–Kier alpha value is -1.88. The molecular formula is C18H25N3O2. The van der Waals surface area contributed by atoms with Gasteiger partial charge in [-0.25, -0.2) is 0 Å². The second kappa shape index (κ2) is 6.71. The Labute approximate surface area is 137 Å². The maximum Gasteiger partial charge on any atom is 0.253 e. The number of piperidine rings is 1. The van der Waals surface area contributed by atoms with Crippen molar-refractivity contribution in [2.75, 3.05) is 19.6 Å². The molecule has 2 N–H and O–H groups in total. The molecule has 2 aliphatic rings. The predicted octanol–water partition coefficient (Wildman–Crippen LogP) is 1.55. The summed E-state index contributed by atoms with van der Waals surface area (Å²) in [7, 11) is 0. The average molecular weight is 315 g/mol. The molecule has 0 bridgehead atoms. The van der Waals surface area contributed by atoms with Crippen LogP contribution in [0.3, 0.4) is 0 Å². The van der Waals surface area contributed by atoms with E-state index in [1.165, 1.54) is 0 Å². The summed E-state index contributed by atoms with van der Waals surface area (Å²) in [5.41, 5.74) is 7.43. The lowest BCUT2D eigenvalue weighted by Gasteiger charge is -2.38. The molecule has 0 radical (unpaired) electrons. The predicted molar refractivity (Wildman–Crippen MR) is 89.0 cm³/mol. The molecule has 2 heterocycles. The van der Waals surface area contributed by atoms with Gasteiger partial charge in [0.1, 0.15) is 0 Å². The Morgan fingerprint density at radius 2 is 1.70 bits per heavy atom. The van der Waals surface area contributed by atoms with Crippen molar-refractivity contribution in [1.29, 1.82) is 0 Å². The largest absolute Gasteiger partial charge is 0.368 e. The highest BCUT2D eigenvalue weighted by Crippen LogP contribution is 2.26. The van der Waals surface area contributed by atoms with Gasteiger partial charge in [-0.05, 0) is 51.3 Å². The number of rotatable bonds is 3. The number of aryl methyl sites for hydroxylation is 1. The van der Waals surface area contributed by atoms with E-state index >= 15 is 0 Å². The molecule has 1 aromatic carbocycles. The number of hydrogen-bond acceptors (Lipinski definition) is 3. The highest BCUT2D eigenvalue weighted by molar-refractivity contribution is 5.94. The van der Waals surface area contributed by atoms with Crippen LogP contribution < -0.4 is 5.73 Å². The first-order chi connectivity index (χ1) is 11.1. The minimum absolute atomic E-state index is 0.108. The number of nitrogens with two attached hydrogens (primary N) is 1. The van der Waals surface area contributed by atoms with Crippen LogP contribution in [0.5, 0.6) is 0 Å². The minimum Gasteiger partial charge on any atom is -0.368 e. The van der Waals surface area contributed by atoms with Gasteiger partial charge in [0, 0.05) is 24.7 Å². The van der Waals surface area contributed by atoms with Crippen molar-refractivity contribution < 1.29 is 9.59 Å². The molecule has 124 valence electrons. The van der Waals surface area contributed by atoms with Crippen molar-refractivity contribution in [2.24, 2.45) is 5.73 Å². The van der Waals surface area contributed by atoms with Crippen LogP contribution in [0.4, 0.5) is 0 Å². The third kappa shape index (κ3) is 3.39. The smallest absolute Gasteiger partial charge is 0.253 e. The molecule has 2 saturated heterocycles. The van der Waals surface area contributed by atoms with Gasteiger partial charge in [0.15, 0.2) is 0 Å². The average Bonchev–Trinajstić information content (AvgIpc) is 3.05. The fourth-order valence-corrected chi connectivity index (χ4v) is 3.81. The van der Waals surface area contributed by atoms with E-state index < -0.39 is 0 Å². The molecule has 3 rings (SSSR count). The van der Waals surface area contributed by atoms with Crippen molar-refractivity contribution in [3.63, 3.8) is 0 Å². The zero-order valence-electron chi connectivity index (χ0n) is 13.7. The molecule has 2 aliphatic heterocycles. The quantitative estimate of drug-likeness (QED) is 0.920.